The number of carbonyl (C=O) groups is 1. The van der Waals surface area contributed by atoms with Crippen molar-refractivity contribution < 1.29 is 14.3 Å². The van der Waals surface area contributed by atoms with E-state index in [2.05, 4.69) is 5.10 Å². The highest BCUT2D eigenvalue weighted by Crippen LogP contribution is 2.37. The quantitative estimate of drug-likeness (QED) is 0.632. The Balaban J connectivity index is 1.75. The van der Waals surface area contributed by atoms with Crippen LogP contribution in [-0.2, 0) is 11.3 Å². The zero-order chi connectivity index (χ0) is 19.7. The smallest absolute Gasteiger partial charge is 0.280 e. The molecular weight excluding hydrogens is 376 g/mol. The highest BCUT2D eigenvalue weighted by atomic mass is 32.1. The lowest BCUT2D eigenvalue weighted by Crippen LogP contribution is -2.37. The summed E-state index contributed by atoms with van der Waals surface area (Å²) in [6, 6.07) is 5.68. The van der Waals surface area contributed by atoms with E-state index < -0.39 is 0 Å². The lowest BCUT2D eigenvalue weighted by molar-refractivity contribution is 0.0912. The second kappa shape index (κ2) is 7.89. The first-order valence-electron chi connectivity index (χ1n) is 9.51. The number of methoxy groups -OCH3 is 1. The standard InChI is InChI=1S/C20H24N4O3S/c1-4-23-10-9-15(22-23)19(25)24(12-14-6-5-11-27-14)20-21-17-16(26-3)8-7-13(2)18(17)28-20/h7-10,14H,4-6,11-12H2,1-3H3. The number of fused-ring (bicyclic) bond motifs is 1. The van der Waals surface area contributed by atoms with Gasteiger partial charge in [0.05, 0.1) is 24.5 Å². The first-order chi connectivity index (χ1) is 13.6. The number of aromatic nitrogens is 3. The number of hydrogen-bond donors (Lipinski definition) is 0. The molecule has 3 heterocycles. The SMILES string of the molecule is CCn1ccc(C(=O)N(CC2CCCO2)c2nc3c(OC)ccc(C)c3s2)n1. The molecule has 2 aromatic heterocycles. The predicted octanol–water partition coefficient (Wildman–Crippen LogP) is 3.66. The van der Waals surface area contributed by atoms with Crippen LogP contribution in [0, 0.1) is 6.92 Å². The molecule has 148 valence electrons. The van der Waals surface area contributed by atoms with Gasteiger partial charge in [0.25, 0.3) is 5.91 Å². The van der Waals surface area contributed by atoms with Crippen LogP contribution in [0.25, 0.3) is 10.2 Å². The lowest BCUT2D eigenvalue weighted by atomic mass is 10.2. The Labute approximate surface area is 167 Å². The third kappa shape index (κ3) is 3.49. The van der Waals surface area contributed by atoms with Crippen LogP contribution in [0.4, 0.5) is 5.13 Å². The van der Waals surface area contributed by atoms with Gasteiger partial charge in [-0.2, -0.15) is 5.10 Å². The number of hydrogen-bond acceptors (Lipinski definition) is 6. The van der Waals surface area contributed by atoms with Crippen molar-refractivity contribution in [3.8, 4) is 5.75 Å². The molecule has 4 rings (SSSR count). The number of thiazole rings is 1. The molecule has 0 N–H and O–H groups in total. The summed E-state index contributed by atoms with van der Waals surface area (Å²) in [4.78, 5) is 19.8. The number of carbonyl (C=O) groups excluding carboxylic acids is 1. The monoisotopic (exact) mass is 400 g/mol. The minimum Gasteiger partial charge on any atom is -0.494 e. The number of rotatable bonds is 6. The van der Waals surface area contributed by atoms with Gasteiger partial charge in [-0.1, -0.05) is 17.4 Å². The molecule has 1 aliphatic rings. The van der Waals surface area contributed by atoms with Crippen molar-refractivity contribution in [2.75, 3.05) is 25.2 Å². The Morgan fingerprint density at radius 1 is 1.43 bits per heavy atom. The van der Waals surface area contributed by atoms with Gasteiger partial charge in [-0.15, -0.1) is 0 Å². The summed E-state index contributed by atoms with van der Waals surface area (Å²) in [5, 5.41) is 5.04. The molecular formula is C20H24N4O3S. The summed E-state index contributed by atoms with van der Waals surface area (Å²) in [6.07, 6.45) is 3.81. The zero-order valence-corrected chi connectivity index (χ0v) is 17.2. The second-order valence-electron chi connectivity index (χ2n) is 6.87. The molecule has 0 saturated carbocycles. The Kier molecular flexibility index (Phi) is 5.32. The highest BCUT2D eigenvalue weighted by Gasteiger charge is 2.29. The predicted molar refractivity (Wildman–Crippen MR) is 109 cm³/mol. The van der Waals surface area contributed by atoms with E-state index in [-0.39, 0.29) is 12.0 Å². The molecule has 7 nitrogen and oxygen atoms in total. The summed E-state index contributed by atoms with van der Waals surface area (Å²) >= 11 is 1.50. The summed E-state index contributed by atoms with van der Waals surface area (Å²) in [6.45, 7) is 5.96. The van der Waals surface area contributed by atoms with Crippen molar-refractivity contribution in [2.24, 2.45) is 0 Å². The third-order valence-electron chi connectivity index (χ3n) is 4.98. The molecule has 1 amide bonds. The molecule has 1 fully saturated rings. The Bertz CT molecular complexity index is 991. The Hall–Kier alpha value is -2.45. The molecule has 0 radical (unpaired) electrons. The van der Waals surface area contributed by atoms with Gasteiger partial charge in [0.15, 0.2) is 10.8 Å². The van der Waals surface area contributed by atoms with E-state index in [4.69, 9.17) is 14.5 Å². The fourth-order valence-corrected chi connectivity index (χ4v) is 4.47. The number of anilines is 1. The van der Waals surface area contributed by atoms with Crippen molar-refractivity contribution in [3.05, 3.63) is 35.7 Å². The average molecular weight is 401 g/mol. The molecule has 8 heteroatoms. The summed E-state index contributed by atoms with van der Waals surface area (Å²) in [5.41, 5.74) is 2.31. The van der Waals surface area contributed by atoms with Crippen LogP contribution in [0.2, 0.25) is 0 Å². The molecule has 0 bridgehead atoms. The Morgan fingerprint density at radius 2 is 2.29 bits per heavy atom. The highest BCUT2D eigenvalue weighted by molar-refractivity contribution is 7.22. The van der Waals surface area contributed by atoms with Crippen molar-refractivity contribution in [1.29, 1.82) is 0 Å². The number of aryl methyl sites for hydroxylation is 2. The Morgan fingerprint density at radius 3 is 2.96 bits per heavy atom. The molecule has 1 unspecified atom stereocenters. The van der Waals surface area contributed by atoms with E-state index in [1.165, 1.54) is 11.3 Å². The second-order valence-corrected chi connectivity index (χ2v) is 7.84. The van der Waals surface area contributed by atoms with E-state index in [9.17, 15) is 4.79 Å². The maximum Gasteiger partial charge on any atom is 0.280 e. The van der Waals surface area contributed by atoms with E-state index in [0.717, 1.165) is 41.8 Å². The van der Waals surface area contributed by atoms with Gasteiger partial charge in [-0.05, 0) is 44.4 Å². The lowest BCUT2D eigenvalue weighted by Gasteiger charge is -2.22. The largest absolute Gasteiger partial charge is 0.494 e. The van der Waals surface area contributed by atoms with Gasteiger partial charge >= 0.3 is 0 Å². The van der Waals surface area contributed by atoms with Crippen LogP contribution < -0.4 is 9.64 Å². The molecule has 0 aliphatic carbocycles. The fraction of sp³-hybridized carbons (Fsp3) is 0.450. The minimum absolute atomic E-state index is 0.0206. The zero-order valence-electron chi connectivity index (χ0n) is 16.3. The summed E-state index contributed by atoms with van der Waals surface area (Å²) in [5.74, 6) is 0.557. The van der Waals surface area contributed by atoms with Gasteiger partial charge in [0, 0.05) is 19.3 Å². The van der Waals surface area contributed by atoms with Crippen LogP contribution >= 0.6 is 11.3 Å². The summed E-state index contributed by atoms with van der Waals surface area (Å²) in [7, 11) is 1.63. The van der Waals surface area contributed by atoms with Crippen LogP contribution in [0.15, 0.2) is 24.4 Å². The molecule has 0 spiro atoms. The fourth-order valence-electron chi connectivity index (χ4n) is 3.41. The van der Waals surface area contributed by atoms with E-state index in [1.54, 1.807) is 22.8 Å². The van der Waals surface area contributed by atoms with Gasteiger partial charge in [0.2, 0.25) is 0 Å². The van der Waals surface area contributed by atoms with Gasteiger partial charge in [0.1, 0.15) is 11.3 Å². The normalized spacial score (nSPS) is 16.6. The van der Waals surface area contributed by atoms with Gasteiger partial charge < -0.3 is 9.47 Å². The third-order valence-corrected chi connectivity index (χ3v) is 6.20. The van der Waals surface area contributed by atoms with E-state index in [0.29, 0.717) is 23.1 Å². The van der Waals surface area contributed by atoms with Crippen molar-refractivity contribution >= 4 is 32.6 Å². The number of ether oxygens (including phenoxy) is 2. The van der Waals surface area contributed by atoms with Crippen molar-refractivity contribution in [1.82, 2.24) is 14.8 Å². The van der Waals surface area contributed by atoms with Crippen LogP contribution in [0.1, 0.15) is 35.8 Å². The van der Waals surface area contributed by atoms with Crippen molar-refractivity contribution in [3.63, 3.8) is 0 Å². The summed E-state index contributed by atoms with van der Waals surface area (Å²) < 4.78 is 14.0. The maximum atomic E-state index is 13.3. The molecule has 3 aromatic rings. The van der Waals surface area contributed by atoms with E-state index in [1.807, 2.05) is 32.2 Å². The molecule has 1 aliphatic heterocycles. The van der Waals surface area contributed by atoms with Gasteiger partial charge in [-0.25, -0.2) is 4.98 Å². The minimum atomic E-state index is -0.154. The van der Waals surface area contributed by atoms with Crippen LogP contribution in [0.5, 0.6) is 5.75 Å². The number of amides is 1. The van der Waals surface area contributed by atoms with Gasteiger partial charge in [-0.3, -0.25) is 14.4 Å². The van der Waals surface area contributed by atoms with Crippen LogP contribution in [0.3, 0.4) is 0 Å². The molecule has 1 aromatic carbocycles. The molecule has 1 atom stereocenters. The average Bonchev–Trinajstić information content (AvgIpc) is 3.46. The van der Waals surface area contributed by atoms with Crippen LogP contribution in [-0.4, -0.2) is 47.0 Å². The topological polar surface area (TPSA) is 69.5 Å². The molecule has 28 heavy (non-hydrogen) atoms. The number of nitrogens with zero attached hydrogens (tertiary/aromatic N) is 4. The molecule has 1 saturated heterocycles. The van der Waals surface area contributed by atoms with Crippen molar-refractivity contribution in [2.45, 2.75) is 39.3 Å². The number of benzene rings is 1. The first kappa shape index (κ1) is 18.9. The first-order valence-corrected chi connectivity index (χ1v) is 10.3. The van der Waals surface area contributed by atoms with E-state index >= 15 is 0 Å². The maximum absolute atomic E-state index is 13.3.